The molecular weight excluding hydrogens is 252 g/mol. The molecule has 20 heavy (non-hydrogen) atoms. The van der Waals surface area contributed by atoms with E-state index in [0.717, 1.165) is 18.8 Å². The summed E-state index contributed by atoms with van der Waals surface area (Å²) in [4.78, 5) is 14.0. The second-order valence-electron chi connectivity index (χ2n) is 5.97. The Bertz CT molecular complexity index is 485. The minimum Gasteiger partial charge on any atom is -0.465 e. The number of quaternary nitrogens is 1. The van der Waals surface area contributed by atoms with Crippen LogP contribution in [-0.4, -0.2) is 56.8 Å². The smallest absolute Gasteiger partial charge is 0.337 e. The van der Waals surface area contributed by atoms with Crippen molar-refractivity contribution in [2.45, 2.75) is 12.8 Å². The summed E-state index contributed by atoms with van der Waals surface area (Å²) in [6.07, 6.45) is 2.77. The van der Waals surface area contributed by atoms with Crippen molar-refractivity contribution in [3.8, 4) is 0 Å². The van der Waals surface area contributed by atoms with Gasteiger partial charge in [-0.2, -0.15) is 0 Å². The number of anilines is 1. The molecule has 0 radical (unpaired) electrons. The summed E-state index contributed by atoms with van der Waals surface area (Å²) in [5.74, 6) is -0.257. The van der Waals surface area contributed by atoms with E-state index >= 15 is 0 Å². The van der Waals surface area contributed by atoms with Crippen LogP contribution in [0.2, 0.25) is 0 Å². The highest BCUT2D eigenvalue weighted by Crippen LogP contribution is 2.25. The van der Waals surface area contributed by atoms with Gasteiger partial charge in [0.15, 0.2) is 0 Å². The first-order chi connectivity index (χ1) is 9.72. The monoisotopic (exact) mass is 275 g/mol. The summed E-state index contributed by atoms with van der Waals surface area (Å²) in [6.45, 7) is 7.37. The molecule has 0 amide bonds. The van der Waals surface area contributed by atoms with Gasteiger partial charge in [-0.15, -0.1) is 0 Å². The van der Waals surface area contributed by atoms with E-state index in [2.05, 4.69) is 11.0 Å². The van der Waals surface area contributed by atoms with E-state index in [1.54, 1.807) is 0 Å². The number of esters is 1. The van der Waals surface area contributed by atoms with Gasteiger partial charge < -0.3 is 14.1 Å². The lowest BCUT2D eigenvalue weighted by atomic mass is 10.1. The lowest BCUT2D eigenvalue weighted by molar-refractivity contribution is -0.917. The van der Waals surface area contributed by atoms with E-state index in [0.29, 0.717) is 5.56 Å². The number of ether oxygens (including phenoxy) is 1. The van der Waals surface area contributed by atoms with Crippen LogP contribution < -0.4 is 4.90 Å². The van der Waals surface area contributed by atoms with Gasteiger partial charge in [0.25, 0.3) is 0 Å². The van der Waals surface area contributed by atoms with E-state index < -0.39 is 0 Å². The second-order valence-corrected chi connectivity index (χ2v) is 5.97. The number of rotatable bonds is 2. The highest BCUT2D eigenvalue weighted by molar-refractivity contribution is 5.90. The molecule has 1 aromatic carbocycles. The maximum atomic E-state index is 11.6. The van der Waals surface area contributed by atoms with Crippen molar-refractivity contribution in [3.63, 3.8) is 0 Å². The Morgan fingerprint density at radius 2 is 1.85 bits per heavy atom. The number of hydrogen-bond donors (Lipinski definition) is 0. The second kappa shape index (κ2) is 5.44. The number of carbonyl (C=O) groups is 1. The predicted octanol–water partition coefficient (Wildman–Crippen LogP) is 1.90. The highest BCUT2D eigenvalue weighted by atomic mass is 16.5. The first-order valence-electron chi connectivity index (χ1n) is 7.51. The molecule has 0 bridgehead atoms. The van der Waals surface area contributed by atoms with E-state index in [9.17, 15) is 4.79 Å². The van der Waals surface area contributed by atoms with Gasteiger partial charge in [0, 0.05) is 18.5 Å². The zero-order valence-electron chi connectivity index (χ0n) is 12.2. The van der Waals surface area contributed by atoms with Gasteiger partial charge >= 0.3 is 5.97 Å². The van der Waals surface area contributed by atoms with Crippen LogP contribution in [0, 0.1) is 0 Å². The van der Waals surface area contributed by atoms with Gasteiger partial charge in [-0.3, -0.25) is 0 Å². The molecule has 3 rings (SSSR count). The van der Waals surface area contributed by atoms with Crippen LogP contribution in [0.15, 0.2) is 24.3 Å². The van der Waals surface area contributed by atoms with Crippen LogP contribution in [0.1, 0.15) is 23.2 Å². The van der Waals surface area contributed by atoms with Crippen LogP contribution in [0.4, 0.5) is 5.69 Å². The first kappa shape index (κ1) is 13.4. The van der Waals surface area contributed by atoms with Gasteiger partial charge in [-0.1, -0.05) is 6.07 Å². The van der Waals surface area contributed by atoms with E-state index in [1.165, 1.54) is 50.6 Å². The molecule has 2 saturated heterocycles. The van der Waals surface area contributed by atoms with Crippen molar-refractivity contribution in [2.24, 2.45) is 0 Å². The summed E-state index contributed by atoms with van der Waals surface area (Å²) in [7, 11) is 1.43. The molecule has 4 nitrogen and oxygen atoms in total. The van der Waals surface area contributed by atoms with Gasteiger partial charge in [-0.25, -0.2) is 4.79 Å². The topological polar surface area (TPSA) is 29.5 Å². The SMILES string of the molecule is COC(=O)c1cccc(N2CC[N+]3(CCCC3)CC2)c1. The van der Waals surface area contributed by atoms with Crippen molar-refractivity contribution in [1.82, 2.24) is 0 Å². The number of carbonyl (C=O) groups excluding carboxylic acids is 1. The number of hydrogen-bond acceptors (Lipinski definition) is 3. The lowest BCUT2D eigenvalue weighted by Gasteiger charge is -2.42. The Hall–Kier alpha value is -1.55. The van der Waals surface area contributed by atoms with Gasteiger partial charge in [0.05, 0.1) is 51.9 Å². The molecule has 2 heterocycles. The third kappa shape index (κ3) is 2.52. The van der Waals surface area contributed by atoms with E-state index in [4.69, 9.17) is 4.74 Å². The van der Waals surface area contributed by atoms with Gasteiger partial charge in [0.1, 0.15) is 0 Å². The first-order valence-corrected chi connectivity index (χ1v) is 7.51. The maximum absolute atomic E-state index is 11.6. The average molecular weight is 275 g/mol. The fraction of sp³-hybridized carbons (Fsp3) is 0.562. The normalized spacial score (nSPS) is 21.1. The molecule has 2 aliphatic rings. The summed E-state index contributed by atoms with van der Waals surface area (Å²) < 4.78 is 6.11. The molecule has 2 aliphatic heterocycles. The largest absolute Gasteiger partial charge is 0.465 e. The summed E-state index contributed by atoms with van der Waals surface area (Å²) in [5, 5.41) is 0. The minimum absolute atomic E-state index is 0.257. The number of methoxy groups -OCH3 is 1. The molecular formula is C16H23N2O2+. The Morgan fingerprint density at radius 3 is 2.50 bits per heavy atom. The number of nitrogens with zero attached hydrogens (tertiary/aromatic N) is 2. The summed E-state index contributed by atoms with van der Waals surface area (Å²) in [6, 6.07) is 7.79. The van der Waals surface area contributed by atoms with Crippen molar-refractivity contribution in [1.29, 1.82) is 0 Å². The molecule has 0 atom stereocenters. The molecule has 0 unspecified atom stereocenters. The van der Waals surface area contributed by atoms with Gasteiger partial charge in [0.2, 0.25) is 0 Å². The minimum atomic E-state index is -0.257. The Labute approximate surface area is 120 Å². The average Bonchev–Trinajstić information content (AvgIpc) is 2.95. The molecule has 0 aliphatic carbocycles. The fourth-order valence-corrected chi connectivity index (χ4v) is 3.55. The number of benzene rings is 1. The molecule has 1 spiro atoms. The summed E-state index contributed by atoms with van der Waals surface area (Å²) >= 11 is 0. The Morgan fingerprint density at radius 1 is 1.15 bits per heavy atom. The number of piperazine rings is 1. The van der Waals surface area contributed by atoms with Crippen molar-refractivity contribution in [3.05, 3.63) is 29.8 Å². The predicted molar refractivity (Wildman–Crippen MR) is 79.0 cm³/mol. The third-order valence-corrected chi connectivity index (χ3v) is 4.84. The van der Waals surface area contributed by atoms with Crippen LogP contribution in [0.25, 0.3) is 0 Å². The standard InChI is InChI=1S/C16H23N2O2/c1-20-16(19)14-5-4-6-15(13-14)17-7-11-18(12-8-17)9-2-3-10-18/h4-6,13H,2-3,7-12H2,1H3/q+1. The summed E-state index contributed by atoms with van der Waals surface area (Å²) in [5.41, 5.74) is 1.78. The highest BCUT2D eigenvalue weighted by Gasteiger charge is 2.35. The van der Waals surface area contributed by atoms with Crippen molar-refractivity contribution >= 4 is 11.7 Å². The van der Waals surface area contributed by atoms with E-state index in [-0.39, 0.29) is 5.97 Å². The zero-order chi connectivity index (χ0) is 14.0. The van der Waals surface area contributed by atoms with E-state index in [1.807, 2.05) is 18.2 Å². The van der Waals surface area contributed by atoms with Crippen LogP contribution >= 0.6 is 0 Å². The quantitative estimate of drug-likeness (QED) is 0.610. The molecule has 0 aromatic heterocycles. The Balaban J connectivity index is 1.70. The zero-order valence-corrected chi connectivity index (χ0v) is 12.2. The Kier molecular flexibility index (Phi) is 3.66. The molecule has 1 aromatic rings. The van der Waals surface area contributed by atoms with Crippen LogP contribution in [0.3, 0.4) is 0 Å². The van der Waals surface area contributed by atoms with Crippen LogP contribution in [-0.2, 0) is 4.74 Å². The molecule has 2 fully saturated rings. The van der Waals surface area contributed by atoms with Gasteiger partial charge in [-0.05, 0) is 18.2 Å². The molecule has 108 valence electrons. The van der Waals surface area contributed by atoms with Crippen molar-refractivity contribution < 1.29 is 14.0 Å². The third-order valence-electron chi connectivity index (χ3n) is 4.84. The molecule has 0 N–H and O–H groups in total. The van der Waals surface area contributed by atoms with Crippen LogP contribution in [0.5, 0.6) is 0 Å². The maximum Gasteiger partial charge on any atom is 0.337 e. The van der Waals surface area contributed by atoms with Crippen molar-refractivity contribution in [2.75, 3.05) is 51.3 Å². The molecule has 4 heteroatoms. The molecule has 0 saturated carbocycles. The lowest BCUT2D eigenvalue weighted by Crippen LogP contribution is -2.58. The fourth-order valence-electron chi connectivity index (χ4n) is 3.55.